The van der Waals surface area contributed by atoms with Gasteiger partial charge in [0.25, 0.3) is 0 Å². The highest BCUT2D eigenvalue weighted by Crippen LogP contribution is 2.28. The molecular formula is C19H21BrFN3O. The second-order valence-corrected chi connectivity index (χ2v) is 7.78. The number of amides is 1. The van der Waals surface area contributed by atoms with Crippen LogP contribution >= 0.6 is 15.9 Å². The summed E-state index contributed by atoms with van der Waals surface area (Å²) in [6.45, 7) is 3.49. The SMILES string of the molecule is O=C(C1CCN(c2ccc3cc(Br)c(F)cc3n2)CC1)N1CCCC1. The Bertz CT molecular complexity index is 799. The predicted molar refractivity (Wildman–Crippen MR) is 100 cm³/mol. The van der Waals surface area contributed by atoms with E-state index in [1.54, 1.807) is 6.07 Å². The number of anilines is 1. The molecule has 2 aliphatic rings. The third-order valence-corrected chi connectivity index (χ3v) is 5.91. The van der Waals surface area contributed by atoms with Crippen molar-refractivity contribution < 1.29 is 9.18 Å². The molecule has 2 aromatic rings. The van der Waals surface area contributed by atoms with E-state index in [0.29, 0.717) is 15.9 Å². The van der Waals surface area contributed by atoms with Crippen molar-refractivity contribution in [3.05, 3.63) is 34.6 Å². The van der Waals surface area contributed by atoms with Gasteiger partial charge in [0.1, 0.15) is 11.6 Å². The van der Waals surface area contributed by atoms with Crippen molar-refractivity contribution in [2.24, 2.45) is 5.92 Å². The molecule has 0 spiro atoms. The molecule has 4 nitrogen and oxygen atoms in total. The summed E-state index contributed by atoms with van der Waals surface area (Å²) in [6.07, 6.45) is 4.00. The maximum Gasteiger partial charge on any atom is 0.225 e. The maximum absolute atomic E-state index is 13.8. The normalized spacial score (nSPS) is 19.0. The van der Waals surface area contributed by atoms with Gasteiger partial charge in [-0.1, -0.05) is 0 Å². The van der Waals surface area contributed by atoms with Gasteiger partial charge in [-0.3, -0.25) is 4.79 Å². The van der Waals surface area contributed by atoms with Gasteiger partial charge < -0.3 is 9.80 Å². The van der Waals surface area contributed by atoms with Gasteiger partial charge in [0.15, 0.2) is 0 Å². The van der Waals surface area contributed by atoms with Crippen LogP contribution in [0.1, 0.15) is 25.7 Å². The van der Waals surface area contributed by atoms with Crippen LogP contribution in [0.4, 0.5) is 10.2 Å². The maximum atomic E-state index is 13.8. The highest BCUT2D eigenvalue weighted by atomic mass is 79.9. The highest BCUT2D eigenvalue weighted by molar-refractivity contribution is 9.10. The van der Waals surface area contributed by atoms with Crippen molar-refractivity contribution in [2.45, 2.75) is 25.7 Å². The van der Waals surface area contributed by atoms with Crippen molar-refractivity contribution in [1.29, 1.82) is 0 Å². The summed E-state index contributed by atoms with van der Waals surface area (Å²) in [5, 5.41) is 0.913. The zero-order valence-electron chi connectivity index (χ0n) is 14.0. The van der Waals surface area contributed by atoms with Gasteiger partial charge in [0.2, 0.25) is 5.91 Å². The average molecular weight is 406 g/mol. The number of hydrogen-bond donors (Lipinski definition) is 0. The van der Waals surface area contributed by atoms with E-state index in [2.05, 4.69) is 25.8 Å². The van der Waals surface area contributed by atoms with E-state index in [1.165, 1.54) is 6.07 Å². The van der Waals surface area contributed by atoms with Crippen molar-refractivity contribution in [1.82, 2.24) is 9.88 Å². The van der Waals surface area contributed by atoms with Crippen LogP contribution in [-0.4, -0.2) is 42.0 Å². The highest BCUT2D eigenvalue weighted by Gasteiger charge is 2.30. The summed E-state index contributed by atoms with van der Waals surface area (Å²) in [7, 11) is 0. The first-order chi connectivity index (χ1) is 12.1. The standard InChI is InChI=1S/C19H21BrFN3O/c20-15-11-14-3-4-18(22-17(14)12-16(15)21)23-9-5-13(6-10-23)19(25)24-7-1-2-8-24/h3-4,11-13H,1-2,5-10H2. The Hall–Kier alpha value is -1.69. The number of piperidine rings is 1. The van der Waals surface area contributed by atoms with E-state index in [-0.39, 0.29) is 11.7 Å². The molecule has 132 valence electrons. The van der Waals surface area contributed by atoms with Crippen LogP contribution in [0.5, 0.6) is 0 Å². The van der Waals surface area contributed by atoms with Crippen LogP contribution in [0.25, 0.3) is 10.9 Å². The van der Waals surface area contributed by atoms with Crippen LogP contribution in [0, 0.1) is 11.7 Å². The zero-order valence-corrected chi connectivity index (χ0v) is 15.6. The number of nitrogens with zero attached hydrogens (tertiary/aromatic N) is 3. The molecule has 0 radical (unpaired) electrons. The molecule has 0 unspecified atom stereocenters. The number of carbonyl (C=O) groups is 1. The van der Waals surface area contributed by atoms with E-state index in [0.717, 1.165) is 63.1 Å². The molecule has 0 bridgehead atoms. The van der Waals surface area contributed by atoms with E-state index in [1.807, 2.05) is 17.0 Å². The molecule has 0 saturated carbocycles. The minimum Gasteiger partial charge on any atom is -0.357 e. The number of hydrogen-bond acceptors (Lipinski definition) is 3. The molecule has 25 heavy (non-hydrogen) atoms. The monoisotopic (exact) mass is 405 g/mol. The number of aromatic nitrogens is 1. The summed E-state index contributed by atoms with van der Waals surface area (Å²) < 4.78 is 14.2. The number of carbonyl (C=O) groups excluding carboxylic acids is 1. The van der Waals surface area contributed by atoms with Crippen molar-refractivity contribution in [2.75, 3.05) is 31.1 Å². The Morgan fingerprint density at radius 2 is 1.84 bits per heavy atom. The van der Waals surface area contributed by atoms with Crippen LogP contribution in [-0.2, 0) is 4.79 Å². The van der Waals surface area contributed by atoms with Gasteiger partial charge in [-0.05, 0) is 59.8 Å². The third-order valence-electron chi connectivity index (χ3n) is 5.30. The molecule has 2 fully saturated rings. The van der Waals surface area contributed by atoms with Crippen LogP contribution in [0.2, 0.25) is 0 Å². The third kappa shape index (κ3) is 3.36. The van der Waals surface area contributed by atoms with Gasteiger partial charge >= 0.3 is 0 Å². The molecule has 0 N–H and O–H groups in total. The molecule has 4 rings (SSSR count). The minimum atomic E-state index is -0.299. The summed E-state index contributed by atoms with van der Waals surface area (Å²) in [4.78, 5) is 21.4. The number of fused-ring (bicyclic) bond motifs is 1. The summed E-state index contributed by atoms with van der Waals surface area (Å²) in [5.74, 6) is 1.03. The first-order valence-corrected chi connectivity index (χ1v) is 9.70. The first-order valence-electron chi connectivity index (χ1n) is 8.91. The number of rotatable bonds is 2. The summed E-state index contributed by atoms with van der Waals surface area (Å²) in [6, 6.07) is 7.17. The Kier molecular flexibility index (Phi) is 4.63. The second-order valence-electron chi connectivity index (χ2n) is 6.92. The van der Waals surface area contributed by atoms with Crippen LogP contribution in [0.3, 0.4) is 0 Å². The largest absolute Gasteiger partial charge is 0.357 e. The molecule has 2 aliphatic heterocycles. The van der Waals surface area contributed by atoms with E-state index >= 15 is 0 Å². The molecular weight excluding hydrogens is 385 g/mol. The fraction of sp³-hybridized carbons (Fsp3) is 0.474. The molecule has 1 aromatic carbocycles. The molecule has 3 heterocycles. The van der Waals surface area contributed by atoms with Gasteiger partial charge in [-0.2, -0.15) is 0 Å². The lowest BCUT2D eigenvalue weighted by atomic mass is 9.95. The fourth-order valence-corrected chi connectivity index (χ4v) is 4.20. The van der Waals surface area contributed by atoms with Gasteiger partial charge in [-0.15, -0.1) is 0 Å². The average Bonchev–Trinajstić information content (AvgIpc) is 3.16. The van der Waals surface area contributed by atoms with Gasteiger partial charge in [0, 0.05) is 43.5 Å². The van der Waals surface area contributed by atoms with Crippen molar-refractivity contribution in [3.8, 4) is 0 Å². The first kappa shape index (κ1) is 16.8. The van der Waals surface area contributed by atoms with Crippen LogP contribution in [0.15, 0.2) is 28.7 Å². The van der Waals surface area contributed by atoms with Crippen molar-refractivity contribution >= 4 is 38.6 Å². The van der Waals surface area contributed by atoms with Crippen LogP contribution < -0.4 is 4.90 Å². The number of halogens is 2. The van der Waals surface area contributed by atoms with Gasteiger partial charge in [0.05, 0.1) is 9.99 Å². The number of pyridine rings is 1. The zero-order chi connectivity index (χ0) is 17.4. The smallest absolute Gasteiger partial charge is 0.225 e. The molecule has 0 aliphatic carbocycles. The van der Waals surface area contributed by atoms with E-state index in [9.17, 15) is 9.18 Å². The quantitative estimate of drug-likeness (QED) is 0.757. The topological polar surface area (TPSA) is 36.4 Å². The Balaban J connectivity index is 1.46. The Morgan fingerprint density at radius 1 is 1.12 bits per heavy atom. The van der Waals surface area contributed by atoms with Crippen molar-refractivity contribution in [3.63, 3.8) is 0 Å². The lowest BCUT2D eigenvalue weighted by molar-refractivity contribution is -0.135. The molecule has 1 amide bonds. The second kappa shape index (κ2) is 6.90. The predicted octanol–water partition coefficient (Wildman–Crippen LogP) is 3.98. The molecule has 1 aromatic heterocycles. The van der Waals surface area contributed by atoms with E-state index in [4.69, 9.17) is 0 Å². The summed E-state index contributed by atoms with van der Waals surface area (Å²) >= 11 is 3.21. The lowest BCUT2D eigenvalue weighted by Crippen LogP contribution is -2.41. The van der Waals surface area contributed by atoms with Gasteiger partial charge in [-0.25, -0.2) is 9.37 Å². The van der Waals surface area contributed by atoms with E-state index < -0.39 is 0 Å². The molecule has 6 heteroatoms. The molecule has 0 atom stereocenters. The summed E-state index contributed by atoms with van der Waals surface area (Å²) in [5.41, 5.74) is 0.661. The fourth-order valence-electron chi connectivity index (χ4n) is 3.83. The number of likely N-dealkylation sites (tertiary alicyclic amines) is 1. The Labute approximate surface area is 155 Å². The molecule has 2 saturated heterocycles. The Morgan fingerprint density at radius 3 is 2.56 bits per heavy atom. The minimum absolute atomic E-state index is 0.142. The lowest BCUT2D eigenvalue weighted by Gasteiger charge is -2.34. The number of benzene rings is 1.